The zero-order valence-corrected chi connectivity index (χ0v) is 14.2. The van der Waals surface area contributed by atoms with Crippen LogP contribution in [0.3, 0.4) is 0 Å². The van der Waals surface area contributed by atoms with Crippen molar-refractivity contribution in [2.24, 2.45) is 0 Å². The first kappa shape index (κ1) is 21.0. The molecule has 1 aromatic carbocycles. The Morgan fingerprint density at radius 3 is 2.20 bits per heavy atom. The second kappa shape index (κ2) is 10.7. The molecule has 7 heteroatoms. The SMILES string of the molecule is CCCCCCCCC(OC(=O)OC(=O)c1ccccc1)C(F)(F)F. The van der Waals surface area contributed by atoms with Crippen molar-refractivity contribution in [2.45, 2.75) is 64.1 Å². The van der Waals surface area contributed by atoms with E-state index in [1.807, 2.05) is 0 Å². The molecule has 0 spiro atoms. The van der Waals surface area contributed by atoms with Crippen LogP contribution in [0.2, 0.25) is 0 Å². The molecule has 4 nitrogen and oxygen atoms in total. The molecule has 140 valence electrons. The molecule has 0 bridgehead atoms. The first-order chi connectivity index (χ1) is 11.8. The number of hydrogen-bond acceptors (Lipinski definition) is 4. The van der Waals surface area contributed by atoms with E-state index in [0.29, 0.717) is 6.42 Å². The van der Waals surface area contributed by atoms with E-state index in [2.05, 4.69) is 16.4 Å². The van der Waals surface area contributed by atoms with E-state index in [1.165, 1.54) is 12.1 Å². The average molecular weight is 360 g/mol. The van der Waals surface area contributed by atoms with Crippen LogP contribution in [0.15, 0.2) is 30.3 Å². The van der Waals surface area contributed by atoms with E-state index in [-0.39, 0.29) is 18.4 Å². The second-order valence-electron chi connectivity index (χ2n) is 5.71. The Balaban J connectivity index is 2.46. The molecular formula is C18H23F3O4. The van der Waals surface area contributed by atoms with Gasteiger partial charge in [0.2, 0.25) is 6.10 Å². The van der Waals surface area contributed by atoms with Gasteiger partial charge in [0.1, 0.15) is 0 Å². The summed E-state index contributed by atoms with van der Waals surface area (Å²) in [5, 5.41) is 0. The van der Waals surface area contributed by atoms with E-state index in [0.717, 1.165) is 25.7 Å². The Labute approximate surface area is 145 Å². The molecule has 1 aromatic rings. The molecule has 0 heterocycles. The molecule has 1 atom stereocenters. The summed E-state index contributed by atoms with van der Waals surface area (Å²) in [6.45, 7) is 2.05. The summed E-state index contributed by atoms with van der Waals surface area (Å²) in [4.78, 5) is 23.1. The first-order valence-corrected chi connectivity index (χ1v) is 8.39. The summed E-state index contributed by atoms with van der Waals surface area (Å²) in [5.74, 6) is -1.05. The Hall–Kier alpha value is -2.05. The van der Waals surface area contributed by atoms with Gasteiger partial charge in [0.05, 0.1) is 5.56 Å². The van der Waals surface area contributed by atoms with Crippen LogP contribution >= 0.6 is 0 Å². The van der Waals surface area contributed by atoms with Crippen molar-refractivity contribution in [3.63, 3.8) is 0 Å². The monoisotopic (exact) mass is 360 g/mol. The van der Waals surface area contributed by atoms with Gasteiger partial charge in [-0.1, -0.05) is 57.2 Å². The highest BCUT2D eigenvalue weighted by atomic mass is 19.4. The second-order valence-corrected chi connectivity index (χ2v) is 5.71. The highest BCUT2D eigenvalue weighted by Crippen LogP contribution is 2.27. The third-order valence-corrected chi connectivity index (χ3v) is 3.61. The van der Waals surface area contributed by atoms with Gasteiger partial charge in [0.15, 0.2) is 0 Å². The summed E-state index contributed by atoms with van der Waals surface area (Å²) in [6, 6.07) is 7.49. The molecule has 25 heavy (non-hydrogen) atoms. The van der Waals surface area contributed by atoms with Gasteiger partial charge in [0.25, 0.3) is 0 Å². The number of unbranched alkanes of at least 4 members (excludes halogenated alkanes) is 5. The average Bonchev–Trinajstić information content (AvgIpc) is 2.56. The summed E-state index contributed by atoms with van der Waals surface area (Å²) < 4.78 is 47.5. The summed E-state index contributed by atoms with van der Waals surface area (Å²) in [6.07, 6.45) is -4.11. The third kappa shape index (κ3) is 8.56. The van der Waals surface area contributed by atoms with Crippen LogP contribution in [-0.4, -0.2) is 24.4 Å². The smallest absolute Gasteiger partial charge is 0.421 e. The lowest BCUT2D eigenvalue weighted by Crippen LogP contribution is -2.34. The van der Waals surface area contributed by atoms with Gasteiger partial charge in [0, 0.05) is 0 Å². The van der Waals surface area contributed by atoms with Crippen LogP contribution in [0.25, 0.3) is 0 Å². The van der Waals surface area contributed by atoms with E-state index in [9.17, 15) is 22.8 Å². The highest BCUT2D eigenvalue weighted by Gasteiger charge is 2.43. The number of alkyl halides is 3. The maximum absolute atomic E-state index is 13.0. The molecule has 1 rings (SSSR count). The normalized spacial score (nSPS) is 12.5. The van der Waals surface area contributed by atoms with Crippen molar-refractivity contribution in [1.29, 1.82) is 0 Å². The molecule has 0 saturated carbocycles. The number of carbonyl (C=O) groups excluding carboxylic acids is 2. The third-order valence-electron chi connectivity index (χ3n) is 3.61. The van der Waals surface area contributed by atoms with Crippen molar-refractivity contribution < 1.29 is 32.2 Å². The predicted molar refractivity (Wildman–Crippen MR) is 86.2 cm³/mol. The maximum atomic E-state index is 13.0. The molecule has 0 aliphatic heterocycles. The van der Waals surface area contributed by atoms with Crippen LogP contribution in [0.4, 0.5) is 18.0 Å². The van der Waals surface area contributed by atoms with Crippen molar-refractivity contribution in [3.05, 3.63) is 35.9 Å². The number of benzene rings is 1. The molecule has 1 unspecified atom stereocenters. The molecule has 0 N–H and O–H groups in total. The van der Waals surface area contributed by atoms with Crippen molar-refractivity contribution in [1.82, 2.24) is 0 Å². The van der Waals surface area contributed by atoms with Crippen LogP contribution in [-0.2, 0) is 9.47 Å². The molecule has 0 saturated heterocycles. The topological polar surface area (TPSA) is 52.6 Å². The zero-order chi connectivity index (χ0) is 18.7. The molecule has 0 aliphatic carbocycles. The van der Waals surface area contributed by atoms with Crippen molar-refractivity contribution >= 4 is 12.1 Å². The van der Waals surface area contributed by atoms with E-state index < -0.39 is 24.4 Å². The number of ether oxygens (including phenoxy) is 2. The maximum Gasteiger partial charge on any atom is 0.517 e. The van der Waals surface area contributed by atoms with Crippen LogP contribution in [0, 0.1) is 0 Å². The van der Waals surface area contributed by atoms with Crippen LogP contribution in [0.5, 0.6) is 0 Å². The van der Waals surface area contributed by atoms with Crippen LogP contribution in [0.1, 0.15) is 62.2 Å². The Morgan fingerprint density at radius 2 is 1.60 bits per heavy atom. The lowest BCUT2D eigenvalue weighted by Gasteiger charge is -2.19. The fraction of sp³-hybridized carbons (Fsp3) is 0.556. The Morgan fingerprint density at radius 1 is 1.00 bits per heavy atom. The number of carbonyl (C=O) groups is 2. The molecule has 0 radical (unpaired) electrons. The van der Waals surface area contributed by atoms with Gasteiger partial charge in [-0.2, -0.15) is 13.2 Å². The predicted octanol–water partition coefficient (Wildman–Crippen LogP) is 5.66. The minimum absolute atomic E-state index is 0.0546. The first-order valence-electron chi connectivity index (χ1n) is 8.39. The number of halogens is 3. The van der Waals surface area contributed by atoms with Gasteiger partial charge in [-0.05, 0) is 25.0 Å². The standard InChI is InChI=1S/C18H23F3O4/c1-2-3-4-5-6-10-13-15(18(19,20)21)24-17(23)25-16(22)14-11-8-7-9-12-14/h7-9,11-12,15H,2-6,10,13H2,1H3. The summed E-state index contributed by atoms with van der Waals surface area (Å²) in [5.41, 5.74) is 0.0546. The lowest BCUT2D eigenvalue weighted by molar-refractivity contribution is -0.209. The fourth-order valence-electron chi connectivity index (χ4n) is 2.25. The summed E-state index contributed by atoms with van der Waals surface area (Å²) in [7, 11) is 0. The van der Waals surface area contributed by atoms with Crippen molar-refractivity contribution in [2.75, 3.05) is 0 Å². The number of esters is 1. The molecular weight excluding hydrogens is 337 g/mol. The fourth-order valence-corrected chi connectivity index (χ4v) is 2.25. The Kier molecular flexibility index (Phi) is 9.02. The minimum atomic E-state index is -4.70. The zero-order valence-electron chi connectivity index (χ0n) is 14.2. The number of rotatable bonds is 9. The van der Waals surface area contributed by atoms with Gasteiger partial charge in [-0.15, -0.1) is 0 Å². The van der Waals surface area contributed by atoms with Crippen LogP contribution < -0.4 is 0 Å². The van der Waals surface area contributed by atoms with E-state index in [4.69, 9.17) is 0 Å². The van der Waals surface area contributed by atoms with Gasteiger partial charge >= 0.3 is 18.3 Å². The highest BCUT2D eigenvalue weighted by molar-refractivity contribution is 5.95. The van der Waals surface area contributed by atoms with Gasteiger partial charge in [-0.3, -0.25) is 0 Å². The van der Waals surface area contributed by atoms with Gasteiger partial charge < -0.3 is 9.47 Å². The minimum Gasteiger partial charge on any atom is -0.421 e. The summed E-state index contributed by atoms with van der Waals surface area (Å²) >= 11 is 0. The molecule has 0 aliphatic rings. The van der Waals surface area contributed by atoms with Crippen molar-refractivity contribution in [3.8, 4) is 0 Å². The largest absolute Gasteiger partial charge is 0.517 e. The molecule has 0 amide bonds. The van der Waals surface area contributed by atoms with E-state index >= 15 is 0 Å². The Bertz CT molecular complexity index is 529. The lowest BCUT2D eigenvalue weighted by atomic mass is 10.1. The molecule has 0 fully saturated rings. The van der Waals surface area contributed by atoms with Gasteiger partial charge in [-0.25, -0.2) is 9.59 Å². The number of hydrogen-bond donors (Lipinski definition) is 0. The quantitative estimate of drug-likeness (QED) is 0.324. The van der Waals surface area contributed by atoms with E-state index in [1.54, 1.807) is 18.2 Å². The molecule has 0 aromatic heterocycles.